The van der Waals surface area contributed by atoms with Crippen molar-refractivity contribution in [2.45, 2.75) is 51.8 Å². The van der Waals surface area contributed by atoms with Crippen LogP contribution < -0.4 is 11.1 Å². The van der Waals surface area contributed by atoms with Crippen LogP contribution in [-0.2, 0) is 17.7 Å². The Morgan fingerprint density at radius 1 is 1.42 bits per heavy atom. The molecule has 0 heterocycles. The van der Waals surface area contributed by atoms with E-state index in [2.05, 4.69) is 12.2 Å². The molecule has 0 saturated heterocycles. The van der Waals surface area contributed by atoms with Crippen LogP contribution in [0.4, 0.5) is 4.39 Å². The minimum Gasteiger partial charge on any atom is -0.389 e. The van der Waals surface area contributed by atoms with Gasteiger partial charge in [0.25, 0.3) is 0 Å². The Hall–Kier alpha value is -1.01. The van der Waals surface area contributed by atoms with Crippen LogP contribution in [0.15, 0.2) is 18.2 Å². The first-order valence-corrected chi connectivity index (χ1v) is 8.55. The van der Waals surface area contributed by atoms with E-state index in [1.165, 1.54) is 6.07 Å². The summed E-state index contributed by atoms with van der Waals surface area (Å²) in [6, 6.07) is 5.16. The Kier molecular flexibility index (Phi) is 8.84. The molecule has 1 radical (unpaired) electrons. The van der Waals surface area contributed by atoms with Crippen LogP contribution in [0.2, 0.25) is 0 Å². The second kappa shape index (κ2) is 10.1. The van der Waals surface area contributed by atoms with Gasteiger partial charge in [0.15, 0.2) is 0 Å². The number of aliphatic hydroxyl groups is 1. The van der Waals surface area contributed by atoms with E-state index in [1.807, 2.05) is 26.8 Å². The number of benzene rings is 1. The van der Waals surface area contributed by atoms with Gasteiger partial charge in [-0.15, -0.1) is 0 Å². The van der Waals surface area contributed by atoms with Crippen LogP contribution in [0, 0.1) is 18.7 Å². The van der Waals surface area contributed by atoms with Crippen LogP contribution in [0.1, 0.15) is 38.3 Å². The Morgan fingerprint density at radius 3 is 2.71 bits per heavy atom. The zero-order valence-corrected chi connectivity index (χ0v) is 15.1. The maximum atomic E-state index is 13.8. The molecule has 0 saturated carbocycles. The molecule has 5 heteroatoms. The van der Waals surface area contributed by atoms with Crippen LogP contribution in [-0.4, -0.2) is 36.5 Å². The molecule has 1 aromatic carbocycles. The number of halogens is 1. The lowest BCUT2D eigenvalue weighted by Crippen LogP contribution is -2.46. The highest BCUT2D eigenvalue weighted by molar-refractivity contribution is 5.25. The third kappa shape index (κ3) is 8.20. The van der Waals surface area contributed by atoms with Gasteiger partial charge in [-0.1, -0.05) is 26.0 Å². The molecule has 1 unspecified atom stereocenters. The van der Waals surface area contributed by atoms with Gasteiger partial charge in [-0.2, -0.15) is 0 Å². The van der Waals surface area contributed by atoms with E-state index in [1.54, 1.807) is 6.07 Å². The SMILES string of the molecule is [CH2]C(C)CCOC[C@H](O)CNC(C)(C)Cc1ccc(CN)c(F)c1. The number of hydrogen-bond donors (Lipinski definition) is 3. The molecule has 4 N–H and O–H groups in total. The standard InChI is InChI=1S/C19H32FN2O2/c1-14(2)7-8-24-13-17(23)12-22-19(3,4)10-15-5-6-16(11-21)18(20)9-15/h5-6,9,14,17,22-23H,1,7-8,10-13,21H2,2-4H3/t14?,17-/m1/s1. The van der Waals surface area contributed by atoms with Gasteiger partial charge in [-0.25, -0.2) is 4.39 Å². The molecule has 137 valence electrons. The van der Waals surface area contributed by atoms with E-state index in [-0.39, 0.29) is 17.9 Å². The number of ether oxygens (including phenoxy) is 1. The highest BCUT2D eigenvalue weighted by atomic mass is 19.1. The lowest BCUT2D eigenvalue weighted by molar-refractivity contribution is 0.0304. The predicted molar refractivity (Wildman–Crippen MR) is 96.0 cm³/mol. The summed E-state index contributed by atoms with van der Waals surface area (Å²) in [5.74, 6) is 0.0872. The summed E-state index contributed by atoms with van der Waals surface area (Å²) in [6.45, 7) is 11.5. The smallest absolute Gasteiger partial charge is 0.127 e. The molecule has 24 heavy (non-hydrogen) atoms. The van der Waals surface area contributed by atoms with Crippen molar-refractivity contribution in [3.8, 4) is 0 Å². The van der Waals surface area contributed by atoms with Crippen molar-refractivity contribution in [3.63, 3.8) is 0 Å². The molecule has 0 amide bonds. The number of nitrogens with two attached hydrogens (primary N) is 1. The molecule has 4 nitrogen and oxygen atoms in total. The highest BCUT2D eigenvalue weighted by Crippen LogP contribution is 2.16. The fourth-order valence-electron chi connectivity index (χ4n) is 2.40. The van der Waals surface area contributed by atoms with Crippen molar-refractivity contribution >= 4 is 0 Å². The zero-order valence-electron chi connectivity index (χ0n) is 15.1. The Morgan fingerprint density at radius 2 is 2.12 bits per heavy atom. The average Bonchev–Trinajstić information content (AvgIpc) is 2.49. The minimum absolute atomic E-state index is 0.201. The molecular weight excluding hydrogens is 307 g/mol. The van der Waals surface area contributed by atoms with E-state index in [9.17, 15) is 9.50 Å². The molecule has 0 aliphatic heterocycles. The molecule has 0 spiro atoms. The largest absolute Gasteiger partial charge is 0.389 e. The maximum Gasteiger partial charge on any atom is 0.127 e. The number of nitrogens with one attached hydrogen (secondary N) is 1. The van der Waals surface area contributed by atoms with Gasteiger partial charge in [0.2, 0.25) is 0 Å². The molecule has 1 aromatic rings. The van der Waals surface area contributed by atoms with Crippen molar-refractivity contribution in [3.05, 3.63) is 42.1 Å². The minimum atomic E-state index is -0.569. The van der Waals surface area contributed by atoms with Crippen molar-refractivity contribution in [1.29, 1.82) is 0 Å². The van der Waals surface area contributed by atoms with E-state index >= 15 is 0 Å². The molecule has 0 aliphatic carbocycles. The van der Waals surface area contributed by atoms with Gasteiger partial charge in [-0.3, -0.25) is 0 Å². The molecule has 0 aromatic heterocycles. The van der Waals surface area contributed by atoms with Gasteiger partial charge in [0.05, 0.1) is 12.7 Å². The summed E-state index contributed by atoms with van der Waals surface area (Å²) < 4.78 is 19.2. The molecule has 1 rings (SSSR count). The Balaban J connectivity index is 2.38. The van der Waals surface area contributed by atoms with Crippen molar-refractivity contribution in [2.75, 3.05) is 19.8 Å². The zero-order chi connectivity index (χ0) is 18.2. The van der Waals surface area contributed by atoms with Gasteiger partial charge < -0.3 is 20.9 Å². The third-order valence-corrected chi connectivity index (χ3v) is 3.86. The van der Waals surface area contributed by atoms with Gasteiger partial charge in [0, 0.05) is 30.8 Å². The second-order valence-corrected chi connectivity index (χ2v) is 7.19. The molecule has 0 aliphatic rings. The van der Waals surface area contributed by atoms with Crippen molar-refractivity contribution in [2.24, 2.45) is 11.7 Å². The molecule has 0 bridgehead atoms. The normalized spacial score (nSPS) is 13.5. The third-order valence-electron chi connectivity index (χ3n) is 3.86. The quantitative estimate of drug-likeness (QED) is 0.542. The maximum absolute atomic E-state index is 13.8. The Bertz CT molecular complexity index is 492. The summed E-state index contributed by atoms with van der Waals surface area (Å²) in [5.41, 5.74) is 6.64. The first-order chi connectivity index (χ1) is 11.2. The number of rotatable bonds is 11. The van der Waals surface area contributed by atoms with Crippen LogP contribution in [0.5, 0.6) is 0 Å². The van der Waals surface area contributed by atoms with E-state index in [0.717, 1.165) is 12.0 Å². The summed E-state index contributed by atoms with van der Waals surface area (Å²) in [4.78, 5) is 0. The van der Waals surface area contributed by atoms with E-state index < -0.39 is 6.10 Å². The van der Waals surface area contributed by atoms with Crippen molar-refractivity contribution < 1.29 is 14.2 Å². The molecule has 2 atom stereocenters. The summed E-state index contributed by atoms with van der Waals surface area (Å²) in [5, 5.41) is 13.3. The lowest BCUT2D eigenvalue weighted by Gasteiger charge is -2.28. The Labute approximate surface area is 145 Å². The lowest BCUT2D eigenvalue weighted by atomic mass is 9.94. The first kappa shape index (κ1) is 21.0. The fraction of sp³-hybridized carbons (Fsp3) is 0.632. The number of hydrogen-bond acceptors (Lipinski definition) is 4. The van der Waals surface area contributed by atoms with Gasteiger partial charge in [-0.05, 0) is 44.2 Å². The summed E-state index contributed by atoms with van der Waals surface area (Å²) in [6.07, 6.45) is 0.970. The highest BCUT2D eigenvalue weighted by Gasteiger charge is 2.20. The van der Waals surface area contributed by atoms with Gasteiger partial charge in [0.1, 0.15) is 5.82 Å². The average molecular weight is 339 g/mol. The number of aliphatic hydroxyl groups excluding tert-OH is 1. The molecular formula is C19H32FN2O2. The number of β-amino-alcohol motifs (C(OH)–C–C–N with tert-alkyl or cyclic N) is 1. The fourth-order valence-corrected chi connectivity index (χ4v) is 2.40. The van der Waals surface area contributed by atoms with E-state index in [0.29, 0.717) is 37.7 Å². The van der Waals surface area contributed by atoms with E-state index in [4.69, 9.17) is 10.5 Å². The topological polar surface area (TPSA) is 67.5 Å². The summed E-state index contributed by atoms with van der Waals surface area (Å²) >= 11 is 0. The monoisotopic (exact) mass is 339 g/mol. The summed E-state index contributed by atoms with van der Waals surface area (Å²) in [7, 11) is 0. The molecule has 0 fully saturated rings. The van der Waals surface area contributed by atoms with Gasteiger partial charge >= 0.3 is 0 Å². The van der Waals surface area contributed by atoms with Crippen molar-refractivity contribution in [1.82, 2.24) is 5.32 Å². The van der Waals surface area contributed by atoms with Crippen LogP contribution in [0.3, 0.4) is 0 Å². The first-order valence-electron chi connectivity index (χ1n) is 8.55. The second-order valence-electron chi connectivity index (χ2n) is 7.19. The predicted octanol–water partition coefficient (Wildman–Crippen LogP) is 2.43. The van der Waals surface area contributed by atoms with Crippen LogP contribution >= 0.6 is 0 Å². The van der Waals surface area contributed by atoms with Crippen LogP contribution in [0.25, 0.3) is 0 Å².